The molecule has 12 atom stereocenters. The Bertz CT molecular complexity index is 3100. The van der Waals surface area contributed by atoms with Crippen molar-refractivity contribution in [2.45, 2.75) is 159 Å². The number of hydrogen-bond donors (Lipinski definition) is 9. The van der Waals surface area contributed by atoms with Gasteiger partial charge in [0.2, 0.25) is 0 Å². The molecule has 0 aromatic heterocycles. The number of alkyl carbamates (subject to hydrolysis) is 3. The lowest BCUT2D eigenvalue weighted by Crippen LogP contribution is -2.71. The lowest BCUT2D eigenvalue weighted by atomic mass is 9.72. The van der Waals surface area contributed by atoms with Crippen molar-refractivity contribution in [3.63, 3.8) is 0 Å². The monoisotopic (exact) mass is 1260 g/mol. The number of benzene rings is 3. The largest absolute Gasteiger partial charge is 0.491 e. The molecule has 490 valence electrons. The fraction of sp³-hybridized carbons (Fsp3) is 0.542. The molecule has 1 unspecified atom stereocenters. The Kier molecular flexibility index (Phi) is 22.5. The summed E-state index contributed by atoms with van der Waals surface area (Å²) in [5.41, 5.74) is -3.16. The number of amides is 7. The fourth-order valence-corrected chi connectivity index (χ4v) is 10.8. The van der Waals surface area contributed by atoms with Gasteiger partial charge in [-0.1, -0.05) is 12.1 Å². The summed E-state index contributed by atoms with van der Waals surface area (Å²) in [7, 11) is 1.26. The fourth-order valence-electron chi connectivity index (χ4n) is 10.8. The van der Waals surface area contributed by atoms with E-state index in [0.29, 0.717) is 17.5 Å². The van der Waals surface area contributed by atoms with Crippen LogP contribution in [-0.2, 0) is 51.2 Å². The first-order valence-electron chi connectivity index (χ1n) is 28.9. The van der Waals surface area contributed by atoms with Crippen molar-refractivity contribution < 1.29 is 97.0 Å². The van der Waals surface area contributed by atoms with Crippen molar-refractivity contribution in [2.24, 2.45) is 5.92 Å². The van der Waals surface area contributed by atoms with Gasteiger partial charge in [0.15, 0.2) is 6.29 Å². The molecule has 7 rings (SSSR count). The van der Waals surface area contributed by atoms with Gasteiger partial charge in [-0.2, -0.15) is 0 Å². The molecule has 9 N–H and O–H groups in total. The standard InChI is InChI=1S/C59H77N9O22/c1-57(2,3)89-53(75)61-28-42(69)49(72)62-41-26-40(64-55(77)85-30-33-16-20-35(21-17-33)68(82)83)43(44(70)47(41)88-52-45(71)48(59(7,79)31-86-52)65(8)56(78)90-58(4,5)6)46-39(63-54(76)84-29-32-14-18-34(19-15-32)67(80)81)23-22-36(87-46)27-60-24-11-25-66-50(73)37-12-9-10-13-38(37)51(66)74/h9-10,12-22,39-48,52,60,69-71,79H,11,23-31H2,1-8H3,(H,61,75)(H,62,72)(H,63,76)(H,64,77)/t39-,40+,41-,42+,43-,44+,45-,46?,47+,48-,52-,59+/m1/s1. The number of aliphatic hydroxyl groups is 4. The van der Waals surface area contributed by atoms with Crippen molar-refractivity contribution in [3.8, 4) is 0 Å². The molecule has 1 saturated heterocycles. The highest BCUT2D eigenvalue weighted by molar-refractivity contribution is 6.21. The van der Waals surface area contributed by atoms with Gasteiger partial charge in [-0.3, -0.25) is 39.5 Å². The number of nitrogens with zero attached hydrogens (tertiary/aromatic N) is 4. The highest BCUT2D eigenvalue weighted by Crippen LogP contribution is 2.39. The molecule has 31 heteroatoms. The van der Waals surface area contributed by atoms with Crippen LogP contribution in [0.15, 0.2) is 84.6 Å². The van der Waals surface area contributed by atoms with Crippen LogP contribution in [0, 0.1) is 26.1 Å². The summed E-state index contributed by atoms with van der Waals surface area (Å²) in [6.45, 7) is 9.00. The first-order chi connectivity index (χ1) is 42.3. The number of rotatable bonds is 22. The summed E-state index contributed by atoms with van der Waals surface area (Å²) < 4.78 is 41.1. The first-order valence-corrected chi connectivity index (χ1v) is 28.9. The zero-order valence-corrected chi connectivity index (χ0v) is 50.9. The van der Waals surface area contributed by atoms with Crippen LogP contribution in [0.4, 0.5) is 30.6 Å². The maximum Gasteiger partial charge on any atom is 0.410 e. The average Bonchev–Trinajstić information content (AvgIpc) is 0.880. The molecule has 3 heterocycles. The SMILES string of the molecule is CN(C(=O)OC(C)(C)C)[C@@H]1[C@@H](O)[C@@H](O[C@@H]2[C@@H](O)[C@H](C3OC(CNCCCN4C(=O)c5ccccc5C4=O)=CC[C@H]3NC(=O)OCc3ccc([N+](=O)[O-])cc3)[C@@H](NC(=O)OCc3ccc([N+](=O)[O-])cc3)C[C@H]2NC(=O)[C@@H](O)CNC(=O)OC(C)(C)C)OC[C@]1(C)O. The second-order valence-electron chi connectivity index (χ2n) is 24.3. The number of imide groups is 1. The Balaban J connectivity index is 1.23. The molecule has 3 aromatic rings. The Morgan fingerprint density at radius 1 is 0.778 bits per heavy atom. The third kappa shape index (κ3) is 18.1. The van der Waals surface area contributed by atoms with Gasteiger partial charge >= 0.3 is 24.4 Å². The minimum Gasteiger partial charge on any atom is -0.491 e. The van der Waals surface area contributed by atoms with E-state index in [-0.39, 0.29) is 60.9 Å². The van der Waals surface area contributed by atoms with E-state index in [1.54, 1.807) is 71.9 Å². The normalized spacial score (nSPS) is 25.2. The second kappa shape index (κ2) is 29.4. The summed E-state index contributed by atoms with van der Waals surface area (Å²) >= 11 is 0. The maximum atomic E-state index is 14.1. The molecule has 0 spiro atoms. The molecule has 2 fully saturated rings. The Labute approximate surface area is 516 Å². The van der Waals surface area contributed by atoms with Crippen molar-refractivity contribution in [2.75, 3.05) is 39.8 Å². The Morgan fingerprint density at radius 3 is 1.86 bits per heavy atom. The zero-order valence-electron chi connectivity index (χ0n) is 50.9. The highest BCUT2D eigenvalue weighted by Gasteiger charge is 2.57. The third-order valence-electron chi connectivity index (χ3n) is 15.0. The van der Waals surface area contributed by atoms with E-state index in [0.717, 1.165) is 9.80 Å². The van der Waals surface area contributed by atoms with Gasteiger partial charge in [0.25, 0.3) is 29.1 Å². The van der Waals surface area contributed by atoms with E-state index in [2.05, 4.69) is 26.6 Å². The molecule has 1 aliphatic carbocycles. The van der Waals surface area contributed by atoms with Crippen LogP contribution in [0.5, 0.6) is 0 Å². The number of nitro benzene ring substituents is 2. The molecular formula is C59H77N9O22. The van der Waals surface area contributed by atoms with E-state index < -0.39 is 162 Å². The highest BCUT2D eigenvalue weighted by atomic mass is 16.7. The number of fused-ring (bicyclic) bond motifs is 1. The van der Waals surface area contributed by atoms with Gasteiger partial charge in [0, 0.05) is 49.8 Å². The van der Waals surface area contributed by atoms with Crippen LogP contribution < -0.4 is 26.6 Å². The van der Waals surface area contributed by atoms with E-state index in [4.69, 9.17) is 33.2 Å². The predicted octanol–water partition coefficient (Wildman–Crippen LogP) is 3.18. The third-order valence-corrected chi connectivity index (χ3v) is 15.0. The maximum absolute atomic E-state index is 14.1. The van der Waals surface area contributed by atoms with Gasteiger partial charge < -0.3 is 85.1 Å². The quantitative estimate of drug-likeness (QED) is 0.0229. The molecule has 3 aliphatic heterocycles. The molecule has 1 saturated carbocycles. The minimum atomic E-state index is -2.02. The van der Waals surface area contributed by atoms with Crippen LogP contribution in [0.3, 0.4) is 0 Å². The van der Waals surface area contributed by atoms with Gasteiger partial charge in [0.05, 0.1) is 64.9 Å². The van der Waals surface area contributed by atoms with Crippen molar-refractivity contribution in [1.29, 1.82) is 0 Å². The average molecular weight is 1260 g/mol. The summed E-state index contributed by atoms with van der Waals surface area (Å²) in [6, 6.07) is 11.1. The molecule has 90 heavy (non-hydrogen) atoms. The van der Waals surface area contributed by atoms with E-state index in [9.17, 15) is 74.2 Å². The zero-order chi connectivity index (χ0) is 66.0. The number of nitro groups is 2. The number of hydrogen-bond acceptors (Lipinski definition) is 23. The van der Waals surface area contributed by atoms with Crippen LogP contribution in [-0.4, -0.2) is 200 Å². The number of nitrogens with one attached hydrogen (secondary N) is 5. The van der Waals surface area contributed by atoms with E-state index in [1.807, 2.05) is 0 Å². The minimum absolute atomic E-state index is 0.0312. The van der Waals surface area contributed by atoms with Crippen molar-refractivity contribution >= 4 is 53.5 Å². The van der Waals surface area contributed by atoms with Gasteiger partial charge in [0.1, 0.15) is 60.2 Å². The number of carbonyl (C=O) groups is 7. The van der Waals surface area contributed by atoms with Crippen LogP contribution in [0.25, 0.3) is 0 Å². The lowest BCUT2D eigenvalue weighted by Gasteiger charge is -2.52. The van der Waals surface area contributed by atoms with Gasteiger partial charge in [-0.05, 0) is 128 Å². The second-order valence-corrected chi connectivity index (χ2v) is 24.3. The molecule has 4 aliphatic rings. The molecule has 31 nitrogen and oxygen atoms in total. The van der Waals surface area contributed by atoms with E-state index >= 15 is 0 Å². The van der Waals surface area contributed by atoms with Gasteiger partial charge in [-0.25, -0.2) is 19.2 Å². The number of carbonyl (C=O) groups excluding carboxylic acids is 7. The molecular weight excluding hydrogens is 1190 g/mol. The van der Waals surface area contributed by atoms with Crippen molar-refractivity contribution in [3.05, 3.63) is 127 Å². The summed E-state index contributed by atoms with van der Waals surface area (Å²) in [6.07, 6.45) is -13.8. The Morgan fingerprint density at radius 2 is 1.32 bits per heavy atom. The molecule has 0 radical (unpaired) electrons. The molecule has 0 bridgehead atoms. The number of non-ortho nitro benzene ring substituents is 2. The number of likely N-dealkylation sites (N-methyl/N-ethyl adjacent to an activating group) is 1. The Hall–Kier alpha value is -8.59. The number of ether oxygens (including phenoxy) is 7. The molecule has 3 aromatic carbocycles. The van der Waals surface area contributed by atoms with Gasteiger partial charge in [-0.15, -0.1) is 0 Å². The molecule has 7 amide bonds. The smallest absolute Gasteiger partial charge is 0.410 e. The topological polar surface area (TPSA) is 418 Å². The van der Waals surface area contributed by atoms with E-state index in [1.165, 1.54) is 62.5 Å². The van der Waals surface area contributed by atoms with Crippen LogP contribution in [0.1, 0.15) is 99.6 Å². The summed E-state index contributed by atoms with van der Waals surface area (Å²) in [5.74, 6) is -3.31. The van der Waals surface area contributed by atoms with Crippen LogP contribution >= 0.6 is 0 Å². The summed E-state index contributed by atoms with van der Waals surface area (Å²) in [5, 5.41) is 84.5. The number of aliphatic hydroxyl groups excluding tert-OH is 3. The summed E-state index contributed by atoms with van der Waals surface area (Å²) in [4.78, 5) is 118. The van der Waals surface area contributed by atoms with Crippen LogP contribution in [0.2, 0.25) is 0 Å². The first kappa shape index (κ1) is 68.9. The predicted molar refractivity (Wildman–Crippen MR) is 313 cm³/mol. The lowest BCUT2D eigenvalue weighted by molar-refractivity contribution is -0.385. The van der Waals surface area contributed by atoms with Crippen molar-refractivity contribution in [1.82, 2.24) is 36.4 Å².